The number of benzene rings is 1. The molecule has 112 valence electrons. The molecule has 2 N–H and O–H groups in total. The summed E-state index contributed by atoms with van der Waals surface area (Å²) in [5.41, 5.74) is 9.00. The van der Waals surface area contributed by atoms with E-state index in [1.807, 2.05) is 20.8 Å². The molecule has 5 heteroatoms. The maximum Gasteiger partial charge on any atom is 0.133 e. The van der Waals surface area contributed by atoms with Gasteiger partial charge in [-0.1, -0.05) is 6.92 Å². The monoisotopic (exact) mass is 291 g/mol. The third-order valence-corrected chi connectivity index (χ3v) is 3.50. The van der Waals surface area contributed by atoms with Gasteiger partial charge in [0.2, 0.25) is 0 Å². The van der Waals surface area contributed by atoms with E-state index in [9.17, 15) is 8.78 Å². The molecule has 3 nitrogen and oxygen atoms in total. The fourth-order valence-corrected chi connectivity index (χ4v) is 2.60. The Morgan fingerprint density at radius 1 is 1.05 bits per heavy atom. The molecule has 1 atom stereocenters. The summed E-state index contributed by atoms with van der Waals surface area (Å²) in [4.78, 5) is 8.89. The maximum atomic E-state index is 13.2. The van der Waals surface area contributed by atoms with Crippen LogP contribution in [0, 0.1) is 25.5 Å². The average molecular weight is 291 g/mol. The van der Waals surface area contributed by atoms with Gasteiger partial charge in [0.25, 0.3) is 0 Å². The lowest BCUT2D eigenvalue weighted by molar-refractivity contribution is 0.580. The number of hydrogen-bond acceptors (Lipinski definition) is 3. The number of hydrogen-bond donors (Lipinski definition) is 1. The van der Waals surface area contributed by atoms with Crippen LogP contribution < -0.4 is 5.73 Å². The summed E-state index contributed by atoms with van der Waals surface area (Å²) < 4.78 is 26.4. The van der Waals surface area contributed by atoms with Crippen molar-refractivity contribution < 1.29 is 8.78 Å². The Labute approximate surface area is 123 Å². The van der Waals surface area contributed by atoms with Crippen LogP contribution in [0.4, 0.5) is 8.78 Å². The van der Waals surface area contributed by atoms with E-state index in [0.717, 1.165) is 23.0 Å². The summed E-state index contributed by atoms with van der Waals surface area (Å²) in [5, 5.41) is 0. The van der Waals surface area contributed by atoms with Gasteiger partial charge in [-0.3, -0.25) is 0 Å². The van der Waals surface area contributed by atoms with Crippen LogP contribution in [0.5, 0.6) is 0 Å². The topological polar surface area (TPSA) is 51.8 Å². The van der Waals surface area contributed by atoms with E-state index in [1.54, 1.807) is 0 Å². The summed E-state index contributed by atoms with van der Waals surface area (Å²) in [6.07, 6.45) is 0.299. The number of aryl methyl sites for hydroxylation is 2. The fraction of sp³-hybridized carbons (Fsp3) is 0.375. The lowest BCUT2D eigenvalue weighted by Crippen LogP contribution is -2.15. The van der Waals surface area contributed by atoms with Gasteiger partial charge < -0.3 is 5.73 Å². The second-order valence-electron chi connectivity index (χ2n) is 5.32. The van der Waals surface area contributed by atoms with Gasteiger partial charge in [-0.2, -0.15) is 0 Å². The van der Waals surface area contributed by atoms with Gasteiger partial charge in [0, 0.05) is 23.9 Å². The number of aromatic nitrogens is 2. The first-order chi connectivity index (χ1) is 9.90. The van der Waals surface area contributed by atoms with Crippen molar-refractivity contribution in [3.8, 4) is 0 Å². The molecule has 1 aromatic heterocycles. The summed E-state index contributed by atoms with van der Waals surface area (Å²) in [6, 6.07) is 3.45. The van der Waals surface area contributed by atoms with Gasteiger partial charge in [0.05, 0.1) is 0 Å². The molecule has 0 aliphatic rings. The lowest BCUT2D eigenvalue weighted by atomic mass is 9.98. The molecule has 1 aromatic carbocycles. The van der Waals surface area contributed by atoms with Crippen molar-refractivity contribution in [3.63, 3.8) is 0 Å². The molecular formula is C16H19F2N3. The third-order valence-electron chi connectivity index (χ3n) is 3.50. The minimum Gasteiger partial charge on any atom is -0.330 e. The molecule has 0 radical (unpaired) electrons. The zero-order valence-electron chi connectivity index (χ0n) is 12.5. The molecule has 0 fully saturated rings. The van der Waals surface area contributed by atoms with Crippen LogP contribution in [0.15, 0.2) is 18.2 Å². The summed E-state index contributed by atoms with van der Waals surface area (Å²) in [7, 11) is 0. The molecular weight excluding hydrogens is 272 g/mol. The van der Waals surface area contributed by atoms with Gasteiger partial charge in [0.1, 0.15) is 17.5 Å². The molecule has 0 saturated carbocycles. The average Bonchev–Trinajstić information content (AvgIpc) is 2.36. The number of rotatable bonds is 4. The zero-order chi connectivity index (χ0) is 15.6. The summed E-state index contributed by atoms with van der Waals surface area (Å²) >= 11 is 0. The summed E-state index contributed by atoms with van der Waals surface area (Å²) in [6.45, 7) is 6.37. The highest BCUT2D eigenvalue weighted by Crippen LogP contribution is 2.21. The molecule has 0 saturated heterocycles. The van der Waals surface area contributed by atoms with Crippen molar-refractivity contribution in [2.24, 2.45) is 5.73 Å². The Kier molecular flexibility index (Phi) is 4.63. The first kappa shape index (κ1) is 15.5. The van der Waals surface area contributed by atoms with Gasteiger partial charge >= 0.3 is 0 Å². The van der Waals surface area contributed by atoms with Crippen molar-refractivity contribution in [1.29, 1.82) is 0 Å². The quantitative estimate of drug-likeness (QED) is 0.942. The van der Waals surface area contributed by atoms with Crippen LogP contribution >= 0.6 is 0 Å². The number of nitrogens with two attached hydrogens (primary N) is 1. The van der Waals surface area contributed by atoms with Crippen LogP contribution in [0.2, 0.25) is 0 Å². The Morgan fingerprint density at radius 2 is 1.57 bits per heavy atom. The second kappa shape index (κ2) is 6.26. The van der Waals surface area contributed by atoms with E-state index in [-0.39, 0.29) is 5.92 Å². The normalized spacial score (nSPS) is 12.5. The SMILES string of the molecule is Cc1nc(Cc2cc(F)cc(F)c2)nc(C)c1C(C)CN. The van der Waals surface area contributed by atoms with Crippen LogP contribution in [0.3, 0.4) is 0 Å². The Morgan fingerprint density at radius 3 is 2.05 bits per heavy atom. The molecule has 21 heavy (non-hydrogen) atoms. The van der Waals surface area contributed by atoms with Crippen molar-refractivity contribution in [2.75, 3.05) is 6.54 Å². The van der Waals surface area contributed by atoms with Crippen molar-refractivity contribution in [1.82, 2.24) is 9.97 Å². The number of nitrogens with zero attached hydrogens (tertiary/aromatic N) is 2. The second-order valence-corrected chi connectivity index (χ2v) is 5.32. The van der Waals surface area contributed by atoms with Crippen LogP contribution in [0.1, 0.15) is 41.2 Å². The first-order valence-corrected chi connectivity index (χ1v) is 6.89. The molecule has 0 spiro atoms. The minimum absolute atomic E-state index is 0.186. The third kappa shape index (κ3) is 3.61. The van der Waals surface area contributed by atoms with E-state index < -0.39 is 11.6 Å². The maximum absolute atomic E-state index is 13.2. The van der Waals surface area contributed by atoms with Crippen LogP contribution in [-0.4, -0.2) is 16.5 Å². The highest BCUT2D eigenvalue weighted by Gasteiger charge is 2.14. The van der Waals surface area contributed by atoms with Gasteiger partial charge in [-0.15, -0.1) is 0 Å². The Bertz CT molecular complexity index is 613. The highest BCUT2D eigenvalue weighted by molar-refractivity contribution is 5.30. The predicted molar refractivity (Wildman–Crippen MR) is 78.1 cm³/mol. The Balaban J connectivity index is 2.33. The molecule has 0 bridgehead atoms. The van der Waals surface area contributed by atoms with Crippen molar-refractivity contribution in [3.05, 3.63) is 58.2 Å². The van der Waals surface area contributed by atoms with E-state index >= 15 is 0 Å². The van der Waals surface area contributed by atoms with Crippen LogP contribution in [-0.2, 0) is 6.42 Å². The van der Waals surface area contributed by atoms with Crippen molar-refractivity contribution >= 4 is 0 Å². The molecule has 0 aliphatic carbocycles. The minimum atomic E-state index is -0.591. The first-order valence-electron chi connectivity index (χ1n) is 6.89. The number of halogens is 2. The molecule has 1 heterocycles. The highest BCUT2D eigenvalue weighted by atomic mass is 19.1. The lowest BCUT2D eigenvalue weighted by Gasteiger charge is -2.15. The van der Waals surface area contributed by atoms with E-state index in [1.165, 1.54) is 12.1 Å². The van der Waals surface area contributed by atoms with Gasteiger partial charge in [-0.25, -0.2) is 18.7 Å². The largest absolute Gasteiger partial charge is 0.330 e. The molecule has 1 unspecified atom stereocenters. The fourth-order valence-electron chi connectivity index (χ4n) is 2.60. The molecule has 2 rings (SSSR count). The predicted octanol–water partition coefficient (Wildman–Crippen LogP) is 3.02. The molecule has 2 aromatic rings. The van der Waals surface area contributed by atoms with Gasteiger partial charge in [0.15, 0.2) is 0 Å². The van der Waals surface area contributed by atoms with E-state index in [0.29, 0.717) is 24.4 Å². The zero-order valence-corrected chi connectivity index (χ0v) is 12.5. The van der Waals surface area contributed by atoms with Crippen LogP contribution in [0.25, 0.3) is 0 Å². The standard InChI is InChI=1S/C16H19F2N3/c1-9(8-19)16-10(2)20-15(21-11(16)3)6-12-4-13(17)7-14(18)5-12/h4-5,7,9H,6,8,19H2,1-3H3. The van der Waals surface area contributed by atoms with Crippen molar-refractivity contribution in [2.45, 2.75) is 33.1 Å². The molecule has 0 aliphatic heterocycles. The van der Waals surface area contributed by atoms with E-state index in [2.05, 4.69) is 9.97 Å². The molecule has 0 amide bonds. The smallest absolute Gasteiger partial charge is 0.133 e. The van der Waals surface area contributed by atoms with E-state index in [4.69, 9.17) is 5.73 Å². The van der Waals surface area contributed by atoms with Gasteiger partial charge in [-0.05, 0) is 49.6 Å². The summed E-state index contributed by atoms with van der Waals surface area (Å²) in [5.74, 6) is -0.438. The Hall–Kier alpha value is -1.88.